The first-order valence-electron chi connectivity index (χ1n) is 7.46. The van der Waals surface area contributed by atoms with E-state index < -0.39 is 0 Å². The second-order valence-corrected chi connectivity index (χ2v) is 5.59. The summed E-state index contributed by atoms with van der Waals surface area (Å²) in [5.41, 5.74) is 2.15. The van der Waals surface area contributed by atoms with Gasteiger partial charge >= 0.3 is 0 Å². The Labute approximate surface area is 137 Å². The normalized spacial score (nSPS) is 9.05. The second kappa shape index (κ2) is 11.7. The highest BCUT2D eigenvalue weighted by Crippen LogP contribution is 2.02. The zero-order chi connectivity index (χ0) is 16.0. The number of aryl methyl sites for hydroxylation is 2. The van der Waals surface area contributed by atoms with Crippen LogP contribution in [0.1, 0.15) is 24.5 Å². The molecule has 0 saturated carbocycles. The zero-order valence-corrected chi connectivity index (χ0v) is 14.0. The summed E-state index contributed by atoms with van der Waals surface area (Å²) in [5.74, 6) is -0.132. The van der Waals surface area contributed by atoms with Gasteiger partial charge < -0.3 is 0 Å². The molecule has 22 heavy (non-hydrogen) atoms. The van der Waals surface area contributed by atoms with E-state index in [1.54, 1.807) is 30.4 Å². The van der Waals surface area contributed by atoms with Gasteiger partial charge in [-0.05, 0) is 41.3 Å². The molecule has 0 atom stereocenters. The third-order valence-electron chi connectivity index (χ3n) is 2.88. The lowest BCUT2D eigenvalue weighted by atomic mass is 10.1. The molecule has 0 N–H and O–H groups in total. The van der Waals surface area contributed by atoms with Crippen molar-refractivity contribution in [3.8, 4) is 0 Å². The van der Waals surface area contributed by atoms with Crippen LogP contribution in [0, 0.1) is 12.7 Å². The maximum atomic E-state index is 12.3. The molecule has 0 bridgehead atoms. The molecule has 0 nitrogen and oxygen atoms in total. The summed E-state index contributed by atoms with van der Waals surface area (Å²) < 4.78 is 12.3. The highest BCUT2D eigenvalue weighted by Gasteiger charge is 1.88. The highest BCUT2D eigenvalue weighted by atomic mass is 32.1. The van der Waals surface area contributed by atoms with Crippen molar-refractivity contribution in [1.29, 1.82) is 0 Å². The van der Waals surface area contributed by atoms with E-state index in [4.69, 9.17) is 0 Å². The first kappa shape index (κ1) is 18.1. The van der Waals surface area contributed by atoms with E-state index in [0.717, 1.165) is 0 Å². The predicted octanol–water partition coefficient (Wildman–Crippen LogP) is 6.52. The van der Waals surface area contributed by atoms with E-state index in [0.29, 0.717) is 5.56 Å². The van der Waals surface area contributed by atoms with E-state index >= 15 is 0 Å². The lowest BCUT2D eigenvalue weighted by Gasteiger charge is -1.93. The minimum absolute atomic E-state index is 0.132. The number of hydrogen-bond acceptors (Lipinski definition) is 1. The van der Waals surface area contributed by atoms with Crippen LogP contribution >= 0.6 is 11.3 Å². The van der Waals surface area contributed by atoms with E-state index in [1.165, 1.54) is 24.5 Å². The molecule has 0 fully saturated rings. The fourth-order valence-electron chi connectivity index (χ4n) is 1.71. The standard InChI is InChI=1S/C9H12.C7H7F.C4H4S/c1-2-6-9-7-4-3-5-8-9;1-6-4-2-3-5-7(6)8;1-2-4-5-3-1/h3-5,7-8H,2,6H2,1H3;2-5H,1H3;1-4H. The molecule has 0 unspecified atom stereocenters. The topological polar surface area (TPSA) is 0 Å². The van der Waals surface area contributed by atoms with Crippen LogP contribution in [-0.2, 0) is 6.42 Å². The van der Waals surface area contributed by atoms with Crippen LogP contribution in [0.25, 0.3) is 0 Å². The van der Waals surface area contributed by atoms with E-state index in [-0.39, 0.29) is 5.82 Å². The van der Waals surface area contributed by atoms with Crippen LogP contribution < -0.4 is 0 Å². The SMILES string of the molecule is CCCc1ccccc1.Cc1ccccc1F.c1ccsc1. The largest absolute Gasteiger partial charge is 0.207 e. The molecule has 0 aliphatic heterocycles. The fourth-order valence-corrected chi connectivity index (χ4v) is 2.16. The molecule has 1 heterocycles. The van der Waals surface area contributed by atoms with Crippen molar-refractivity contribution in [2.45, 2.75) is 26.7 Å². The first-order chi connectivity index (χ1) is 10.7. The summed E-state index contributed by atoms with van der Waals surface area (Å²) in [6, 6.07) is 21.3. The van der Waals surface area contributed by atoms with Gasteiger partial charge in [0.15, 0.2) is 0 Å². The minimum atomic E-state index is -0.132. The Morgan fingerprint density at radius 1 is 0.818 bits per heavy atom. The summed E-state index contributed by atoms with van der Waals surface area (Å²) in [6.45, 7) is 3.95. The molecule has 3 aromatic rings. The quantitative estimate of drug-likeness (QED) is 0.505. The van der Waals surface area contributed by atoms with Crippen molar-refractivity contribution in [2.75, 3.05) is 0 Å². The molecule has 0 radical (unpaired) electrons. The molecular formula is C20H23FS. The second-order valence-electron chi connectivity index (χ2n) is 4.78. The maximum absolute atomic E-state index is 12.3. The summed E-state index contributed by atoms with van der Waals surface area (Å²) in [6.07, 6.45) is 2.45. The van der Waals surface area contributed by atoms with Crippen LogP contribution in [0.15, 0.2) is 77.5 Å². The van der Waals surface area contributed by atoms with Crippen molar-refractivity contribution in [1.82, 2.24) is 0 Å². The first-order valence-corrected chi connectivity index (χ1v) is 8.40. The Balaban J connectivity index is 0.000000171. The number of thiophene rings is 1. The van der Waals surface area contributed by atoms with Gasteiger partial charge in [-0.2, -0.15) is 11.3 Å². The van der Waals surface area contributed by atoms with E-state index in [2.05, 4.69) is 37.3 Å². The van der Waals surface area contributed by atoms with E-state index in [1.807, 2.05) is 29.0 Å². The van der Waals surface area contributed by atoms with Crippen molar-refractivity contribution >= 4 is 11.3 Å². The number of benzene rings is 2. The van der Waals surface area contributed by atoms with Gasteiger partial charge in [0, 0.05) is 0 Å². The minimum Gasteiger partial charge on any atom is -0.207 e. The van der Waals surface area contributed by atoms with Gasteiger partial charge in [-0.15, -0.1) is 0 Å². The van der Waals surface area contributed by atoms with Crippen LogP contribution in [0.4, 0.5) is 4.39 Å². The molecule has 0 aliphatic carbocycles. The van der Waals surface area contributed by atoms with Gasteiger partial charge in [0.1, 0.15) is 5.82 Å². The Bertz CT molecular complexity index is 550. The van der Waals surface area contributed by atoms with Crippen LogP contribution in [0.3, 0.4) is 0 Å². The zero-order valence-electron chi connectivity index (χ0n) is 13.2. The van der Waals surface area contributed by atoms with Crippen LogP contribution in [0.2, 0.25) is 0 Å². The lowest BCUT2D eigenvalue weighted by molar-refractivity contribution is 0.618. The molecule has 116 valence electrons. The number of halogens is 1. The van der Waals surface area contributed by atoms with Gasteiger partial charge in [0.2, 0.25) is 0 Å². The predicted molar refractivity (Wildman–Crippen MR) is 95.9 cm³/mol. The van der Waals surface area contributed by atoms with Crippen molar-refractivity contribution in [2.24, 2.45) is 0 Å². The maximum Gasteiger partial charge on any atom is 0.126 e. The summed E-state index contributed by atoms with van der Waals surface area (Å²) in [7, 11) is 0. The fraction of sp³-hybridized carbons (Fsp3) is 0.200. The lowest BCUT2D eigenvalue weighted by Crippen LogP contribution is -1.78. The van der Waals surface area contributed by atoms with Crippen molar-refractivity contribution < 1.29 is 4.39 Å². The Hall–Kier alpha value is -1.93. The Kier molecular flexibility index (Phi) is 9.64. The van der Waals surface area contributed by atoms with Gasteiger partial charge in [-0.1, -0.05) is 74.0 Å². The van der Waals surface area contributed by atoms with Crippen LogP contribution in [-0.4, -0.2) is 0 Å². The molecular weight excluding hydrogens is 291 g/mol. The van der Waals surface area contributed by atoms with Crippen molar-refractivity contribution in [3.63, 3.8) is 0 Å². The van der Waals surface area contributed by atoms with E-state index in [9.17, 15) is 4.39 Å². The third-order valence-corrected chi connectivity index (χ3v) is 3.51. The average Bonchev–Trinajstić information content (AvgIpc) is 3.12. The summed E-state index contributed by atoms with van der Waals surface area (Å²) in [5, 5.41) is 4.08. The van der Waals surface area contributed by atoms with Crippen molar-refractivity contribution in [3.05, 3.63) is 94.4 Å². The molecule has 0 spiro atoms. The Morgan fingerprint density at radius 2 is 1.41 bits per heavy atom. The van der Waals surface area contributed by atoms with Gasteiger partial charge in [0.05, 0.1) is 0 Å². The molecule has 3 rings (SSSR count). The smallest absolute Gasteiger partial charge is 0.126 e. The highest BCUT2D eigenvalue weighted by molar-refractivity contribution is 7.07. The molecule has 2 heteroatoms. The van der Waals surface area contributed by atoms with Crippen LogP contribution in [0.5, 0.6) is 0 Å². The molecule has 1 aromatic heterocycles. The number of rotatable bonds is 2. The molecule has 0 saturated heterocycles. The molecule has 0 amide bonds. The summed E-state index contributed by atoms with van der Waals surface area (Å²) in [4.78, 5) is 0. The summed E-state index contributed by atoms with van der Waals surface area (Å²) >= 11 is 1.71. The molecule has 2 aromatic carbocycles. The molecule has 0 aliphatic rings. The third kappa shape index (κ3) is 8.38. The van der Waals surface area contributed by atoms with Gasteiger partial charge in [-0.3, -0.25) is 0 Å². The Morgan fingerprint density at radius 3 is 1.82 bits per heavy atom. The number of hydrogen-bond donors (Lipinski definition) is 0. The van der Waals surface area contributed by atoms with Gasteiger partial charge in [0.25, 0.3) is 0 Å². The monoisotopic (exact) mass is 314 g/mol. The van der Waals surface area contributed by atoms with Gasteiger partial charge in [-0.25, -0.2) is 4.39 Å². The average molecular weight is 314 g/mol.